The van der Waals surface area contributed by atoms with E-state index in [4.69, 9.17) is 0 Å². The highest BCUT2D eigenvalue weighted by Crippen LogP contribution is 2.67. The molecule has 0 saturated carbocycles. The smallest absolute Gasteiger partial charge is 0.276 e. The lowest BCUT2D eigenvalue weighted by molar-refractivity contribution is -0.480. The van der Waals surface area contributed by atoms with Gasteiger partial charge in [0.25, 0.3) is 7.44 Å². The lowest BCUT2D eigenvalue weighted by Gasteiger charge is -2.48. The fourth-order valence-electron chi connectivity index (χ4n) is 4.14. The van der Waals surface area contributed by atoms with Gasteiger partial charge in [-0.15, -0.1) is 0 Å². The molecular formula is C23H24N3O3P. The molecule has 30 heavy (non-hydrogen) atoms. The van der Waals surface area contributed by atoms with Crippen molar-refractivity contribution in [3.8, 4) is 0 Å². The molecule has 3 aromatic carbocycles. The Kier molecular flexibility index (Phi) is 5.86. The van der Waals surface area contributed by atoms with Crippen LogP contribution in [0.4, 0.5) is 11.4 Å². The van der Waals surface area contributed by atoms with Crippen molar-refractivity contribution in [1.82, 2.24) is 0 Å². The van der Waals surface area contributed by atoms with Crippen molar-refractivity contribution < 1.29 is 9.49 Å². The highest BCUT2D eigenvalue weighted by atomic mass is 31.2. The quantitative estimate of drug-likeness (QED) is 0.294. The third-order valence-corrected chi connectivity index (χ3v) is 8.97. The molecule has 0 spiro atoms. The monoisotopic (exact) mass is 421 g/mol. The summed E-state index contributed by atoms with van der Waals surface area (Å²) in [7, 11) is -3.44. The Bertz CT molecular complexity index is 980. The minimum Gasteiger partial charge on any atom is -0.306 e. The molecule has 0 radical (unpaired) electrons. The van der Waals surface area contributed by atoms with Crippen molar-refractivity contribution in [2.75, 3.05) is 29.0 Å². The van der Waals surface area contributed by atoms with Gasteiger partial charge >= 0.3 is 0 Å². The Labute approximate surface area is 176 Å². The van der Waals surface area contributed by atoms with Crippen LogP contribution in [0.1, 0.15) is 17.6 Å². The predicted molar refractivity (Wildman–Crippen MR) is 121 cm³/mol. The molecule has 0 amide bonds. The first-order chi connectivity index (χ1) is 14.6. The maximum Gasteiger partial charge on any atom is 0.276 e. The van der Waals surface area contributed by atoms with Gasteiger partial charge in [0.05, 0.1) is 0 Å². The molecule has 0 N–H and O–H groups in total. The van der Waals surface area contributed by atoms with E-state index in [9.17, 15) is 10.1 Å². The van der Waals surface area contributed by atoms with E-state index in [2.05, 4.69) is 0 Å². The largest absolute Gasteiger partial charge is 0.306 e. The summed E-state index contributed by atoms with van der Waals surface area (Å²) in [6, 6.07) is 28.4. The van der Waals surface area contributed by atoms with E-state index in [1.807, 2.05) is 100 Å². The standard InChI is InChI=1S/C23H24N3O3P/c27-26(28)19-23(20-11-4-1-5-12-20)30(29)24(21-13-6-2-7-14-21)17-10-18-25(30)22-15-8-3-9-16-22/h1-9,11-16,23H,10,17-19H2. The number of para-hydroxylation sites is 2. The second-order valence-electron chi connectivity index (χ2n) is 7.30. The van der Waals surface area contributed by atoms with Crippen LogP contribution in [0.25, 0.3) is 0 Å². The molecule has 0 aliphatic carbocycles. The Morgan fingerprint density at radius 2 is 1.23 bits per heavy atom. The molecule has 1 fully saturated rings. The molecule has 1 unspecified atom stereocenters. The van der Waals surface area contributed by atoms with Crippen LogP contribution in [0, 0.1) is 10.1 Å². The van der Waals surface area contributed by atoms with Crippen molar-refractivity contribution in [2.24, 2.45) is 0 Å². The normalized spacial score (nSPS) is 16.8. The first-order valence-corrected chi connectivity index (χ1v) is 11.7. The van der Waals surface area contributed by atoms with Gasteiger partial charge in [0.2, 0.25) is 6.54 Å². The third-order valence-electron chi connectivity index (χ3n) is 5.45. The average Bonchev–Trinajstić information content (AvgIpc) is 2.79. The average molecular weight is 421 g/mol. The van der Waals surface area contributed by atoms with Crippen LogP contribution in [0.2, 0.25) is 0 Å². The van der Waals surface area contributed by atoms with Crippen molar-refractivity contribution in [3.05, 3.63) is 107 Å². The first kappa shape index (κ1) is 20.2. The molecule has 1 aliphatic heterocycles. The van der Waals surface area contributed by atoms with E-state index in [0.717, 1.165) is 23.4 Å². The highest BCUT2D eigenvalue weighted by molar-refractivity contribution is 7.67. The van der Waals surface area contributed by atoms with E-state index in [1.165, 1.54) is 0 Å². The zero-order chi connectivity index (χ0) is 21.0. The van der Waals surface area contributed by atoms with E-state index in [-0.39, 0.29) is 4.92 Å². The number of hydrogen-bond donors (Lipinski definition) is 0. The Hall–Kier alpha value is -3.11. The predicted octanol–water partition coefficient (Wildman–Crippen LogP) is 5.61. The number of anilines is 2. The molecule has 7 heteroatoms. The van der Waals surface area contributed by atoms with Crippen molar-refractivity contribution in [1.29, 1.82) is 0 Å². The fraction of sp³-hybridized carbons (Fsp3) is 0.217. The molecule has 4 rings (SSSR count). The van der Waals surface area contributed by atoms with E-state index >= 15 is 4.57 Å². The van der Waals surface area contributed by atoms with Crippen molar-refractivity contribution >= 4 is 18.8 Å². The van der Waals surface area contributed by atoms with Crippen LogP contribution in [0.15, 0.2) is 91.0 Å². The SMILES string of the molecule is O=[N+]([O-])CC(c1ccccc1)P1(=O)N(c2ccccc2)CCCN1c1ccccc1. The summed E-state index contributed by atoms with van der Waals surface area (Å²) >= 11 is 0. The molecular weight excluding hydrogens is 397 g/mol. The zero-order valence-electron chi connectivity index (χ0n) is 16.6. The molecule has 3 aromatic rings. The number of nitro groups is 1. The fourth-order valence-corrected chi connectivity index (χ4v) is 7.76. The summed E-state index contributed by atoms with van der Waals surface area (Å²) in [5, 5.41) is 11.7. The molecule has 1 saturated heterocycles. The minimum absolute atomic E-state index is 0.349. The van der Waals surface area contributed by atoms with Crippen LogP contribution in [0.5, 0.6) is 0 Å². The minimum atomic E-state index is -3.44. The van der Waals surface area contributed by atoms with Gasteiger partial charge in [-0.2, -0.15) is 0 Å². The van der Waals surface area contributed by atoms with Gasteiger partial charge in [-0.25, -0.2) is 0 Å². The molecule has 1 atom stereocenters. The molecule has 6 nitrogen and oxygen atoms in total. The molecule has 1 heterocycles. The van der Waals surface area contributed by atoms with Gasteiger partial charge in [-0.3, -0.25) is 14.7 Å². The summed E-state index contributed by atoms with van der Waals surface area (Å²) in [5.74, 6) is 0. The van der Waals surface area contributed by atoms with Gasteiger partial charge in [0.15, 0.2) is 0 Å². The number of benzene rings is 3. The lowest BCUT2D eigenvalue weighted by atomic mass is 10.1. The topological polar surface area (TPSA) is 66.7 Å². The van der Waals surface area contributed by atoms with E-state index in [1.54, 1.807) is 0 Å². The van der Waals surface area contributed by atoms with Gasteiger partial charge in [-0.1, -0.05) is 66.7 Å². The summed E-state index contributed by atoms with van der Waals surface area (Å²) in [6.07, 6.45) is 0.813. The molecule has 1 aliphatic rings. The Morgan fingerprint density at radius 1 is 0.800 bits per heavy atom. The van der Waals surface area contributed by atoms with Gasteiger partial charge < -0.3 is 9.34 Å². The van der Waals surface area contributed by atoms with Crippen LogP contribution < -0.4 is 9.34 Å². The second kappa shape index (κ2) is 8.72. The maximum absolute atomic E-state index is 15.1. The summed E-state index contributed by atoms with van der Waals surface area (Å²) in [6.45, 7) is 0.783. The summed E-state index contributed by atoms with van der Waals surface area (Å²) < 4.78 is 18.9. The van der Waals surface area contributed by atoms with Crippen molar-refractivity contribution in [2.45, 2.75) is 12.1 Å². The highest BCUT2D eigenvalue weighted by Gasteiger charge is 2.49. The van der Waals surface area contributed by atoms with Crippen LogP contribution in [0.3, 0.4) is 0 Å². The molecule has 154 valence electrons. The lowest BCUT2D eigenvalue weighted by Crippen LogP contribution is -2.42. The molecule has 0 aromatic heterocycles. The Morgan fingerprint density at radius 3 is 1.67 bits per heavy atom. The Balaban J connectivity index is 1.91. The maximum atomic E-state index is 15.1. The van der Waals surface area contributed by atoms with Gasteiger partial charge in [0, 0.05) is 29.4 Å². The first-order valence-electron chi connectivity index (χ1n) is 10.0. The van der Waals surface area contributed by atoms with Crippen LogP contribution >= 0.6 is 7.44 Å². The van der Waals surface area contributed by atoms with Crippen molar-refractivity contribution in [3.63, 3.8) is 0 Å². The summed E-state index contributed by atoms with van der Waals surface area (Å²) in [4.78, 5) is 11.4. The van der Waals surface area contributed by atoms with Gasteiger partial charge in [0.1, 0.15) is 5.66 Å². The van der Waals surface area contributed by atoms with Gasteiger partial charge in [-0.05, 0) is 36.2 Å². The number of nitrogens with zero attached hydrogens (tertiary/aromatic N) is 3. The van der Waals surface area contributed by atoms with Crippen LogP contribution in [-0.4, -0.2) is 24.6 Å². The zero-order valence-corrected chi connectivity index (χ0v) is 17.5. The van der Waals surface area contributed by atoms with E-state index < -0.39 is 19.6 Å². The second-order valence-corrected chi connectivity index (χ2v) is 10.1. The number of rotatable bonds is 6. The number of hydrogen-bond acceptors (Lipinski definition) is 3. The van der Waals surface area contributed by atoms with E-state index in [0.29, 0.717) is 13.1 Å². The summed E-state index contributed by atoms with van der Waals surface area (Å²) in [5.41, 5.74) is 1.62. The molecule has 0 bridgehead atoms. The third kappa shape index (κ3) is 3.83. The van der Waals surface area contributed by atoms with Crippen LogP contribution in [-0.2, 0) is 4.57 Å².